The number of para-hydroxylation sites is 1. The van der Waals surface area contributed by atoms with Gasteiger partial charge in [-0.05, 0) is 25.0 Å². The van der Waals surface area contributed by atoms with E-state index in [0.29, 0.717) is 36.6 Å². The first kappa shape index (κ1) is 18.3. The second-order valence-corrected chi connectivity index (χ2v) is 6.43. The molecule has 1 aromatic carbocycles. The van der Waals surface area contributed by atoms with Crippen LogP contribution in [-0.4, -0.2) is 45.0 Å². The van der Waals surface area contributed by atoms with E-state index in [2.05, 4.69) is 10.1 Å². The number of hydrogen-bond acceptors (Lipinski definition) is 7. The molecule has 0 radical (unpaired) electrons. The van der Waals surface area contributed by atoms with Crippen LogP contribution >= 0.6 is 0 Å². The molecule has 8 nitrogen and oxygen atoms in total. The van der Waals surface area contributed by atoms with Crippen molar-refractivity contribution in [3.8, 4) is 5.75 Å². The zero-order valence-electron chi connectivity index (χ0n) is 14.6. The van der Waals surface area contributed by atoms with Crippen LogP contribution in [0.1, 0.15) is 35.1 Å². The highest BCUT2D eigenvalue weighted by molar-refractivity contribution is 6.47. The lowest BCUT2D eigenvalue weighted by Crippen LogP contribution is -2.36. The summed E-state index contributed by atoms with van der Waals surface area (Å²) >= 11 is 0. The zero-order chi connectivity index (χ0) is 18.7. The van der Waals surface area contributed by atoms with Crippen LogP contribution in [0.4, 0.5) is 0 Å². The van der Waals surface area contributed by atoms with Crippen molar-refractivity contribution in [2.75, 3.05) is 6.54 Å². The third kappa shape index (κ3) is 3.84. The molecule has 9 heteroatoms. The zero-order valence-corrected chi connectivity index (χ0v) is 14.6. The summed E-state index contributed by atoms with van der Waals surface area (Å²) in [4.78, 5) is 28.2. The van der Waals surface area contributed by atoms with E-state index in [0.717, 1.165) is 5.56 Å². The summed E-state index contributed by atoms with van der Waals surface area (Å²) in [6.45, 7) is 2.37. The summed E-state index contributed by atoms with van der Waals surface area (Å²) in [6.07, 6.45) is 2.15. The van der Waals surface area contributed by atoms with Crippen LogP contribution in [0.25, 0.3) is 0 Å². The van der Waals surface area contributed by atoms with E-state index in [4.69, 9.17) is 10.4 Å². The van der Waals surface area contributed by atoms with Crippen LogP contribution in [0.5, 0.6) is 5.75 Å². The Morgan fingerprint density at radius 1 is 1.46 bits per heavy atom. The molecule has 3 rings (SSSR count). The minimum absolute atomic E-state index is 0.0601. The van der Waals surface area contributed by atoms with Crippen LogP contribution in [0.2, 0.25) is 5.82 Å². The second-order valence-electron chi connectivity index (χ2n) is 6.43. The van der Waals surface area contributed by atoms with E-state index in [1.807, 2.05) is 6.07 Å². The van der Waals surface area contributed by atoms with Gasteiger partial charge in [-0.1, -0.05) is 12.1 Å². The van der Waals surface area contributed by atoms with Gasteiger partial charge >= 0.3 is 7.12 Å². The minimum atomic E-state index is -1.13. The molecule has 0 aliphatic carbocycles. The van der Waals surface area contributed by atoms with Crippen LogP contribution in [0, 0.1) is 0 Å². The largest absolute Gasteiger partial charge is 0.535 e. The Hall–Kier alpha value is -2.52. The van der Waals surface area contributed by atoms with E-state index < -0.39 is 7.12 Å². The molecule has 0 bridgehead atoms. The van der Waals surface area contributed by atoms with E-state index in [-0.39, 0.29) is 30.2 Å². The average Bonchev–Trinajstić information content (AvgIpc) is 3.02. The van der Waals surface area contributed by atoms with Crippen molar-refractivity contribution in [1.29, 1.82) is 0 Å². The maximum atomic E-state index is 12.4. The Kier molecular flexibility index (Phi) is 5.48. The summed E-state index contributed by atoms with van der Waals surface area (Å²) in [5, 5.41) is 14.3. The van der Waals surface area contributed by atoms with Gasteiger partial charge in [0.15, 0.2) is 5.78 Å². The van der Waals surface area contributed by atoms with Crippen LogP contribution < -0.4 is 10.4 Å². The molecule has 3 N–H and O–H groups in total. The predicted octanol–water partition coefficient (Wildman–Crippen LogP) is 0.427. The van der Waals surface area contributed by atoms with E-state index >= 15 is 0 Å². The Morgan fingerprint density at radius 3 is 3.00 bits per heavy atom. The summed E-state index contributed by atoms with van der Waals surface area (Å²) in [6, 6.07) is 5.30. The number of benzene rings is 1. The smallest absolute Gasteiger partial charge is 0.526 e. The summed E-state index contributed by atoms with van der Waals surface area (Å²) < 4.78 is 7.18. The monoisotopic (exact) mass is 356 g/mol. The lowest BCUT2D eigenvalue weighted by Gasteiger charge is -2.28. The fraction of sp³-hybridized carbons (Fsp3) is 0.412. The highest BCUT2D eigenvalue weighted by Crippen LogP contribution is 2.36. The molecule has 1 aliphatic heterocycles. The lowest BCUT2D eigenvalue weighted by atomic mass is 9.64. The number of Topliss-reactive ketones (excluding diaryl/α,β-unsaturated/α-hetero) is 2. The van der Waals surface area contributed by atoms with E-state index in [1.54, 1.807) is 16.8 Å². The Bertz CT molecular complexity index is 823. The number of ketones is 2. The van der Waals surface area contributed by atoms with E-state index in [1.165, 1.54) is 13.3 Å². The molecule has 0 amide bonds. The number of hydrogen-bond donors (Lipinski definition) is 2. The molecule has 1 aliphatic rings. The highest BCUT2D eigenvalue weighted by Gasteiger charge is 2.37. The summed E-state index contributed by atoms with van der Waals surface area (Å²) in [7, 11) is -1.13. The molecular weight excluding hydrogens is 335 g/mol. The molecule has 0 saturated heterocycles. The van der Waals surface area contributed by atoms with Crippen molar-refractivity contribution >= 4 is 18.7 Å². The quantitative estimate of drug-likeness (QED) is 0.545. The van der Waals surface area contributed by atoms with Gasteiger partial charge in [0.1, 0.15) is 23.7 Å². The van der Waals surface area contributed by atoms with E-state index in [9.17, 15) is 14.6 Å². The molecule has 0 spiro atoms. The molecule has 136 valence electrons. The Labute approximate surface area is 151 Å². The maximum Gasteiger partial charge on any atom is 0.526 e. The SMILES string of the molecule is CC(=O)c1cccc2c1OB(O)[C@@H](CC(=O)Cc1ncnn1CCN)C2. The van der Waals surface area contributed by atoms with Gasteiger partial charge in [-0.25, -0.2) is 9.67 Å². The first-order chi connectivity index (χ1) is 12.5. The molecule has 0 fully saturated rings. The van der Waals surface area contributed by atoms with Gasteiger partial charge in [0.05, 0.1) is 18.5 Å². The number of rotatable bonds is 7. The van der Waals surface area contributed by atoms with Crippen molar-refractivity contribution < 1.29 is 19.3 Å². The second kappa shape index (κ2) is 7.80. The van der Waals surface area contributed by atoms with Gasteiger partial charge in [0, 0.05) is 18.8 Å². The fourth-order valence-corrected chi connectivity index (χ4v) is 3.21. The van der Waals surface area contributed by atoms with Gasteiger partial charge in [-0.2, -0.15) is 5.10 Å². The number of aromatic nitrogens is 3. The molecule has 0 unspecified atom stereocenters. The number of nitrogens with zero attached hydrogens (tertiary/aromatic N) is 3. The highest BCUT2D eigenvalue weighted by atomic mass is 16.5. The maximum absolute atomic E-state index is 12.4. The number of fused-ring (bicyclic) bond motifs is 1. The molecular formula is C17H21BN4O4. The molecule has 2 heterocycles. The Morgan fingerprint density at radius 2 is 2.27 bits per heavy atom. The summed E-state index contributed by atoms with van der Waals surface area (Å²) in [5.74, 6) is 0.422. The number of carbonyl (C=O) groups is 2. The fourth-order valence-electron chi connectivity index (χ4n) is 3.21. The average molecular weight is 356 g/mol. The molecule has 2 aromatic rings. The molecule has 0 saturated carbocycles. The topological polar surface area (TPSA) is 120 Å². The van der Waals surface area contributed by atoms with Gasteiger partial charge < -0.3 is 15.4 Å². The molecule has 1 atom stereocenters. The number of nitrogens with two attached hydrogens (primary N) is 1. The van der Waals surface area contributed by atoms with Crippen molar-refractivity contribution in [2.45, 2.75) is 38.5 Å². The van der Waals surface area contributed by atoms with Crippen LogP contribution in [-0.2, 0) is 24.2 Å². The predicted molar refractivity (Wildman–Crippen MR) is 94.9 cm³/mol. The minimum Gasteiger partial charge on any atom is -0.535 e. The molecule has 1 aromatic heterocycles. The summed E-state index contributed by atoms with van der Waals surface area (Å²) in [5.41, 5.74) is 6.79. The van der Waals surface area contributed by atoms with Gasteiger partial charge in [0.25, 0.3) is 0 Å². The van der Waals surface area contributed by atoms with Crippen molar-refractivity contribution in [1.82, 2.24) is 14.8 Å². The first-order valence-corrected chi connectivity index (χ1v) is 8.55. The van der Waals surface area contributed by atoms with Crippen LogP contribution in [0.3, 0.4) is 0 Å². The third-order valence-electron chi connectivity index (χ3n) is 4.48. The molecule has 26 heavy (non-hydrogen) atoms. The first-order valence-electron chi connectivity index (χ1n) is 8.55. The van der Waals surface area contributed by atoms with Crippen molar-refractivity contribution in [3.63, 3.8) is 0 Å². The van der Waals surface area contributed by atoms with Gasteiger partial charge in [-0.3, -0.25) is 9.59 Å². The number of carbonyl (C=O) groups excluding carboxylic acids is 2. The van der Waals surface area contributed by atoms with Crippen LogP contribution in [0.15, 0.2) is 24.5 Å². The van der Waals surface area contributed by atoms with Gasteiger partial charge in [-0.15, -0.1) is 0 Å². The normalized spacial score (nSPS) is 16.1. The lowest BCUT2D eigenvalue weighted by molar-refractivity contribution is -0.118. The third-order valence-corrected chi connectivity index (χ3v) is 4.48. The standard InChI is InChI=1S/C17H21BN4O4/c1-11(23)15-4-2-3-12-7-13(18(25)26-17(12)15)8-14(24)9-16-20-10-21-22(16)6-5-19/h2-4,10,13,25H,5-9,19H2,1H3/t13-/m1/s1. The van der Waals surface area contributed by atoms with Crippen molar-refractivity contribution in [2.24, 2.45) is 5.73 Å². The van der Waals surface area contributed by atoms with Gasteiger partial charge in [0.2, 0.25) is 0 Å². The van der Waals surface area contributed by atoms with Crippen molar-refractivity contribution in [3.05, 3.63) is 41.5 Å². The Balaban J connectivity index is 1.69.